The third kappa shape index (κ3) is 3.74. The fourth-order valence-corrected chi connectivity index (χ4v) is 5.29. The molecule has 0 saturated carbocycles. The van der Waals surface area contributed by atoms with Gasteiger partial charge in [-0.25, -0.2) is 4.98 Å². The van der Waals surface area contributed by atoms with Crippen molar-refractivity contribution in [2.75, 3.05) is 13.2 Å². The van der Waals surface area contributed by atoms with E-state index >= 15 is 0 Å². The Balaban J connectivity index is 1.59. The van der Waals surface area contributed by atoms with Crippen molar-refractivity contribution in [2.45, 2.75) is 19.0 Å². The van der Waals surface area contributed by atoms with E-state index in [9.17, 15) is 4.79 Å². The molecule has 4 heterocycles. The third-order valence-electron chi connectivity index (χ3n) is 5.37. The summed E-state index contributed by atoms with van der Waals surface area (Å²) in [4.78, 5) is 23.6. The molecule has 7 nitrogen and oxygen atoms in total. The molecule has 5 rings (SSSR count). The van der Waals surface area contributed by atoms with Crippen LogP contribution in [0.2, 0.25) is 0 Å². The molecule has 0 bridgehead atoms. The van der Waals surface area contributed by atoms with Crippen LogP contribution in [0.1, 0.15) is 30.4 Å². The van der Waals surface area contributed by atoms with E-state index in [2.05, 4.69) is 20.9 Å². The Kier molecular flexibility index (Phi) is 5.59. The number of benzene rings is 1. The number of rotatable bonds is 6. The van der Waals surface area contributed by atoms with E-state index in [1.54, 1.807) is 24.5 Å². The van der Waals surface area contributed by atoms with Crippen molar-refractivity contribution in [1.82, 2.24) is 24.8 Å². The van der Waals surface area contributed by atoms with E-state index in [1.807, 2.05) is 59.6 Å². The van der Waals surface area contributed by atoms with Crippen molar-refractivity contribution >= 4 is 44.9 Å². The van der Waals surface area contributed by atoms with Gasteiger partial charge in [0.15, 0.2) is 10.2 Å². The van der Waals surface area contributed by atoms with Crippen LogP contribution in [0.4, 0.5) is 0 Å². The lowest BCUT2D eigenvalue weighted by atomic mass is 10.0. The number of ether oxygens (including phenoxy) is 1. The number of fused-ring (bicyclic) bond motifs is 1. The van der Waals surface area contributed by atoms with E-state index in [4.69, 9.17) is 21.9 Å². The number of thiocarbonyl (C=S) groups is 1. The van der Waals surface area contributed by atoms with E-state index in [-0.39, 0.29) is 24.6 Å². The van der Waals surface area contributed by atoms with Gasteiger partial charge in [0.1, 0.15) is 6.54 Å². The first-order chi connectivity index (χ1) is 15.7. The molecule has 32 heavy (non-hydrogen) atoms. The molecule has 1 aromatic carbocycles. The molecule has 1 aliphatic rings. The summed E-state index contributed by atoms with van der Waals surface area (Å²) < 4.78 is 8.40. The molecule has 0 unspecified atom stereocenters. The lowest BCUT2D eigenvalue weighted by Gasteiger charge is -2.27. The van der Waals surface area contributed by atoms with Gasteiger partial charge in [-0.15, -0.1) is 0 Å². The number of hydrogen-bond acceptors (Lipinski definition) is 6. The predicted molar refractivity (Wildman–Crippen MR) is 128 cm³/mol. The van der Waals surface area contributed by atoms with Crippen LogP contribution >= 0.6 is 23.6 Å². The van der Waals surface area contributed by atoms with Gasteiger partial charge in [-0.3, -0.25) is 14.3 Å². The maximum absolute atomic E-state index is 12.4. The summed E-state index contributed by atoms with van der Waals surface area (Å²) in [6.45, 7) is 2.17. The highest BCUT2D eigenvalue weighted by molar-refractivity contribution is 7.80. The third-order valence-corrected chi connectivity index (χ3v) is 6.76. The molecule has 0 spiro atoms. The average molecular weight is 464 g/mol. The number of nitrogens with one attached hydrogen (secondary N) is 1. The summed E-state index contributed by atoms with van der Waals surface area (Å²) in [5, 5.41) is 4.73. The van der Waals surface area contributed by atoms with Crippen LogP contribution in [0.3, 0.4) is 0 Å². The Hall–Kier alpha value is -3.30. The van der Waals surface area contributed by atoms with Crippen LogP contribution < -0.4 is 5.32 Å². The van der Waals surface area contributed by atoms with Gasteiger partial charge in [0.25, 0.3) is 0 Å². The summed E-state index contributed by atoms with van der Waals surface area (Å²) >= 11 is 7.26. The Morgan fingerprint density at radius 2 is 2.03 bits per heavy atom. The standard InChI is InChI=1S/C23H21N5O2S2/c1-2-30-19(29)14-28-21(20(26-22(28)31)16-9-5-6-12-24-16)17-10-7-13-27(17)23-25-15-8-3-4-11-18(15)32-23/h3-13,20-21H,2,14H2,1H3,(H,26,31)/t20-,21-/m1/s1. The molecule has 1 N–H and O–H groups in total. The first-order valence-corrected chi connectivity index (χ1v) is 11.5. The minimum Gasteiger partial charge on any atom is -0.465 e. The predicted octanol–water partition coefficient (Wildman–Crippen LogP) is 4.02. The average Bonchev–Trinajstić information content (AvgIpc) is 3.51. The van der Waals surface area contributed by atoms with Gasteiger partial charge >= 0.3 is 5.97 Å². The Bertz CT molecular complexity index is 1240. The number of nitrogens with zero attached hydrogens (tertiary/aromatic N) is 4. The molecule has 0 amide bonds. The minimum atomic E-state index is -0.318. The Morgan fingerprint density at radius 3 is 2.81 bits per heavy atom. The number of hydrogen-bond donors (Lipinski definition) is 1. The van der Waals surface area contributed by atoms with Gasteiger partial charge in [0.05, 0.1) is 40.3 Å². The van der Waals surface area contributed by atoms with Crippen molar-refractivity contribution in [3.8, 4) is 5.13 Å². The summed E-state index contributed by atoms with van der Waals surface area (Å²) in [6, 6.07) is 17.4. The minimum absolute atomic E-state index is 0.0543. The second-order valence-electron chi connectivity index (χ2n) is 7.33. The van der Waals surface area contributed by atoms with Gasteiger partial charge in [-0.05, 0) is 55.5 Å². The maximum atomic E-state index is 12.4. The zero-order valence-electron chi connectivity index (χ0n) is 17.3. The molecule has 0 radical (unpaired) electrons. The fraction of sp³-hybridized carbons (Fsp3) is 0.217. The molecule has 1 aliphatic heterocycles. The lowest BCUT2D eigenvalue weighted by molar-refractivity contribution is -0.143. The smallest absolute Gasteiger partial charge is 0.325 e. The normalized spacial score (nSPS) is 18.2. The lowest BCUT2D eigenvalue weighted by Crippen LogP contribution is -2.36. The Labute approximate surface area is 194 Å². The quantitative estimate of drug-likeness (QED) is 0.342. The zero-order chi connectivity index (χ0) is 22.1. The van der Waals surface area contributed by atoms with Gasteiger partial charge in [0.2, 0.25) is 0 Å². The molecular weight excluding hydrogens is 442 g/mol. The molecule has 3 aromatic heterocycles. The van der Waals surface area contributed by atoms with Crippen LogP contribution in [0.25, 0.3) is 15.3 Å². The second-order valence-corrected chi connectivity index (χ2v) is 8.72. The highest BCUT2D eigenvalue weighted by atomic mass is 32.1. The van der Waals surface area contributed by atoms with E-state index in [0.717, 1.165) is 26.7 Å². The van der Waals surface area contributed by atoms with E-state index < -0.39 is 0 Å². The highest BCUT2D eigenvalue weighted by Crippen LogP contribution is 2.40. The first-order valence-electron chi connectivity index (χ1n) is 10.3. The monoisotopic (exact) mass is 463 g/mol. The van der Waals surface area contributed by atoms with Gasteiger partial charge in [-0.2, -0.15) is 0 Å². The van der Waals surface area contributed by atoms with Crippen LogP contribution in [0.5, 0.6) is 0 Å². The largest absolute Gasteiger partial charge is 0.465 e. The number of aromatic nitrogens is 3. The maximum Gasteiger partial charge on any atom is 0.325 e. The second kappa shape index (κ2) is 8.68. The number of thiazole rings is 1. The number of esters is 1. The number of para-hydroxylation sites is 1. The highest BCUT2D eigenvalue weighted by Gasteiger charge is 2.42. The van der Waals surface area contributed by atoms with Gasteiger partial charge in [-0.1, -0.05) is 29.5 Å². The van der Waals surface area contributed by atoms with Crippen molar-refractivity contribution < 1.29 is 9.53 Å². The van der Waals surface area contributed by atoms with Crippen molar-refractivity contribution in [2.24, 2.45) is 0 Å². The topological polar surface area (TPSA) is 72.3 Å². The van der Waals surface area contributed by atoms with Crippen LogP contribution in [0, 0.1) is 0 Å². The molecule has 1 fully saturated rings. The van der Waals surface area contributed by atoms with Gasteiger partial charge < -0.3 is 15.0 Å². The van der Waals surface area contributed by atoms with Crippen molar-refractivity contribution in [1.29, 1.82) is 0 Å². The zero-order valence-corrected chi connectivity index (χ0v) is 19.0. The molecule has 4 aromatic rings. The summed E-state index contributed by atoms with van der Waals surface area (Å²) in [5.41, 5.74) is 2.77. The van der Waals surface area contributed by atoms with Crippen LogP contribution in [-0.2, 0) is 9.53 Å². The van der Waals surface area contributed by atoms with E-state index in [1.165, 1.54) is 0 Å². The van der Waals surface area contributed by atoms with Crippen LogP contribution in [0.15, 0.2) is 67.0 Å². The molecule has 9 heteroatoms. The summed E-state index contributed by atoms with van der Waals surface area (Å²) in [5.74, 6) is -0.318. The molecular formula is C23H21N5O2S2. The number of carbonyl (C=O) groups excluding carboxylic acids is 1. The van der Waals surface area contributed by atoms with Crippen molar-refractivity contribution in [3.05, 3.63) is 78.4 Å². The fourth-order valence-electron chi connectivity index (χ4n) is 4.02. The van der Waals surface area contributed by atoms with Crippen molar-refractivity contribution in [3.63, 3.8) is 0 Å². The summed E-state index contributed by atoms with van der Waals surface area (Å²) in [6.07, 6.45) is 3.75. The SMILES string of the molecule is CCOC(=O)CN1C(=S)N[C@H](c2ccccn2)[C@H]1c1cccn1-c1nc2ccccc2s1. The van der Waals surface area contributed by atoms with E-state index in [0.29, 0.717) is 11.7 Å². The summed E-state index contributed by atoms with van der Waals surface area (Å²) in [7, 11) is 0. The molecule has 2 atom stereocenters. The first kappa shape index (κ1) is 20.6. The number of pyridine rings is 1. The molecule has 162 valence electrons. The Morgan fingerprint density at radius 1 is 1.19 bits per heavy atom. The number of carbonyl (C=O) groups is 1. The van der Waals surface area contributed by atoms with Gasteiger partial charge in [0, 0.05) is 12.4 Å². The van der Waals surface area contributed by atoms with Crippen LogP contribution in [-0.4, -0.2) is 43.7 Å². The molecule has 0 aliphatic carbocycles. The molecule has 1 saturated heterocycles.